The Kier molecular flexibility index (Phi) is 3.31. The van der Waals surface area contributed by atoms with Crippen molar-refractivity contribution >= 4 is 39.3 Å². The minimum Gasteiger partial charge on any atom is -0.479 e. The van der Waals surface area contributed by atoms with Crippen LogP contribution in [0.5, 0.6) is 5.88 Å². The summed E-state index contributed by atoms with van der Waals surface area (Å²) in [6, 6.07) is 6.06. The van der Waals surface area contributed by atoms with E-state index in [1.54, 1.807) is 7.11 Å². The Morgan fingerprint density at radius 3 is 2.85 bits per heavy atom. The van der Waals surface area contributed by atoms with Gasteiger partial charge >= 0.3 is 0 Å². The lowest BCUT2D eigenvalue weighted by atomic mass is 10.2. The molecule has 20 heavy (non-hydrogen) atoms. The topological polar surface area (TPSA) is 55.7 Å². The van der Waals surface area contributed by atoms with Gasteiger partial charge in [0.15, 0.2) is 10.4 Å². The predicted molar refractivity (Wildman–Crippen MR) is 83.0 cm³/mol. The molecule has 1 N–H and O–H groups in total. The van der Waals surface area contributed by atoms with E-state index in [2.05, 4.69) is 30.9 Å². The molecule has 0 fully saturated rings. The molecule has 0 aliphatic heterocycles. The van der Waals surface area contributed by atoms with E-state index in [0.717, 1.165) is 10.2 Å². The Hall–Kier alpha value is -1.73. The van der Waals surface area contributed by atoms with Crippen molar-refractivity contribution in [2.24, 2.45) is 0 Å². The summed E-state index contributed by atoms with van der Waals surface area (Å²) in [5.74, 6) is 0.475. The van der Waals surface area contributed by atoms with Crippen LogP contribution >= 0.6 is 28.1 Å². The molecule has 0 unspecified atom stereocenters. The van der Waals surface area contributed by atoms with Crippen LogP contribution in [0, 0.1) is 11.7 Å². The Bertz CT molecular complexity index is 855. The minimum absolute atomic E-state index is 0.475. The van der Waals surface area contributed by atoms with Crippen LogP contribution in [0.3, 0.4) is 0 Å². The van der Waals surface area contributed by atoms with Gasteiger partial charge in [-0.25, -0.2) is 4.98 Å². The van der Waals surface area contributed by atoms with Crippen molar-refractivity contribution in [3.8, 4) is 11.6 Å². The van der Waals surface area contributed by atoms with Gasteiger partial charge in [0, 0.05) is 4.47 Å². The summed E-state index contributed by atoms with van der Waals surface area (Å²) >= 11 is 8.97. The summed E-state index contributed by atoms with van der Waals surface area (Å²) in [6.45, 7) is 2.04. The number of nitrogens with zero attached hydrogens (tertiary/aromatic N) is 3. The van der Waals surface area contributed by atoms with Crippen molar-refractivity contribution in [3.05, 3.63) is 39.3 Å². The van der Waals surface area contributed by atoms with Crippen LogP contribution < -0.4 is 4.74 Å². The first kappa shape index (κ1) is 13.3. The molecule has 0 saturated carbocycles. The molecule has 0 saturated heterocycles. The maximum Gasteiger partial charge on any atom is 0.242 e. The standard InChI is InChI=1S/C13H11BrN4OS/c1-7-3-4-9(8(14)5-7)18-11-10(17-13(18)20)12(19-2)16-6-15-11/h3-6H,1-2H3,(H,17,20). The van der Waals surface area contributed by atoms with E-state index in [9.17, 15) is 0 Å². The molecule has 2 heterocycles. The van der Waals surface area contributed by atoms with E-state index in [-0.39, 0.29) is 0 Å². The van der Waals surface area contributed by atoms with Gasteiger partial charge in [-0.05, 0) is 52.8 Å². The van der Waals surface area contributed by atoms with E-state index < -0.39 is 0 Å². The Balaban J connectivity index is 2.37. The molecule has 0 atom stereocenters. The number of hydrogen-bond donors (Lipinski definition) is 1. The second-order valence-corrected chi connectivity index (χ2v) is 5.54. The van der Waals surface area contributed by atoms with Gasteiger partial charge < -0.3 is 9.72 Å². The minimum atomic E-state index is 0.475. The number of methoxy groups -OCH3 is 1. The second-order valence-electron chi connectivity index (χ2n) is 4.30. The first-order valence-corrected chi connectivity index (χ1v) is 7.08. The molecule has 0 aliphatic carbocycles. The highest BCUT2D eigenvalue weighted by molar-refractivity contribution is 9.10. The Morgan fingerprint density at radius 2 is 2.15 bits per heavy atom. The number of hydrogen-bond acceptors (Lipinski definition) is 4. The van der Waals surface area contributed by atoms with Crippen LogP contribution in [-0.4, -0.2) is 26.6 Å². The zero-order valence-corrected chi connectivity index (χ0v) is 13.2. The lowest BCUT2D eigenvalue weighted by Gasteiger charge is -2.07. The first-order valence-electron chi connectivity index (χ1n) is 5.88. The molecule has 7 heteroatoms. The lowest BCUT2D eigenvalue weighted by molar-refractivity contribution is 0.401. The van der Waals surface area contributed by atoms with Crippen LogP contribution in [-0.2, 0) is 0 Å². The van der Waals surface area contributed by atoms with E-state index in [0.29, 0.717) is 21.8 Å². The third-order valence-corrected chi connectivity index (χ3v) is 3.90. The van der Waals surface area contributed by atoms with Gasteiger partial charge in [0.25, 0.3) is 0 Å². The molecule has 0 amide bonds. The quantitative estimate of drug-likeness (QED) is 0.718. The molecule has 0 radical (unpaired) electrons. The van der Waals surface area contributed by atoms with Gasteiger partial charge in [-0.3, -0.25) is 4.57 Å². The van der Waals surface area contributed by atoms with Gasteiger partial charge in [-0.2, -0.15) is 4.98 Å². The van der Waals surface area contributed by atoms with Crippen LogP contribution in [0.4, 0.5) is 0 Å². The Labute approximate surface area is 128 Å². The van der Waals surface area contributed by atoms with Crippen LogP contribution in [0.2, 0.25) is 0 Å². The van der Waals surface area contributed by atoms with Crippen molar-refractivity contribution in [2.75, 3.05) is 7.11 Å². The number of ether oxygens (including phenoxy) is 1. The van der Waals surface area contributed by atoms with Crippen LogP contribution in [0.15, 0.2) is 29.0 Å². The van der Waals surface area contributed by atoms with Crippen molar-refractivity contribution in [1.29, 1.82) is 0 Å². The maximum absolute atomic E-state index is 5.40. The highest BCUT2D eigenvalue weighted by atomic mass is 79.9. The fourth-order valence-corrected chi connectivity index (χ4v) is 3.03. The summed E-state index contributed by atoms with van der Waals surface area (Å²) in [5.41, 5.74) is 3.46. The number of rotatable bonds is 2. The van der Waals surface area contributed by atoms with E-state index in [1.807, 2.05) is 29.7 Å². The molecule has 1 aromatic carbocycles. The van der Waals surface area contributed by atoms with Crippen molar-refractivity contribution in [2.45, 2.75) is 6.92 Å². The third-order valence-electron chi connectivity index (χ3n) is 2.98. The molecule has 2 aromatic heterocycles. The largest absolute Gasteiger partial charge is 0.479 e. The number of halogens is 1. The van der Waals surface area contributed by atoms with Crippen LogP contribution in [0.25, 0.3) is 16.9 Å². The molecule has 0 bridgehead atoms. The van der Waals surface area contributed by atoms with Gasteiger partial charge in [-0.15, -0.1) is 0 Å². The number of aromatic amines is 1. The SMILES string of the molecule is COc1ncnc2c1[nH]c(=S)n2-c1ccc(C)cc1Br. The summed E-state index contributed by atoms with van der Waals surface area (Å²) in [4.78, 5) is 11.5. The van der Waals surface area contributed by atoms with Crippen molar-refractivity contribution < 1.29 is 4.74 Å². The summed E-state index contributed by atoms with van der Waals surface area (Å²) in [7, 11) is 1.57. The summed E-state index contributed by atoms with van der Waals surface area (Å²) in [6.07, 6.45) is 1.46. The lowest BCUT2D eigenvalue weighted by Crippen LogP contribution is -1.98. The molecule has 0 spiro atoms. The number of benzene rings is 1. The number of fused-ring (bicyclic) bond motifs is 1. The third kappa shape index (κ3) is 2.03. The molecular weight excluding hydrogens is 340 g/mol. The number of aryl methyl sites for hydroxylation is 1. The number of H-pyrrole nitrogens is 1. The maximum atomic E-state index is 5.40. The molecular formula is C13H11BrN4OS. The molecule has 3 rings (SSSR count). The highest BCUT2D eigenvalue weighted by Gasteiger charge is 2.14. The normalized spacial score (nSPS) is 10.9. The molecule has 5 nitrogen and oxygen atoms in total. The van der Waals surface area contributed by atoms with Crippen LogP contribution in [0.1, 0.15) is 5.56 Å². The number of imidazole rings is 1. The zero-order chi connectivity index (χ0) is 14.3. The predicted octanol–water partition coefficient (Wildman–Crippen LogP) is 3.56. The van der Waals surface area contributed by atoms with Gasteiger partial charge in [-0.1, -0.05) is 6.07 Å². The number of nitrogens with one attached hydrogen (secondary N) is 1. The highest BCUT2D eigenvalue weighted by Crippen LogP contribution is 2.28. The van der Waals surface area contributed by atoms with Crippen molar-refractivity contribution in [1.82, 2.24) is 19.5 Å². The summed E-state index contributed by atoms with van der Waals surface area (Å²) in [5, 5.41) is 0. The number of aromatic nitrogens is 4. The molecule has 102 valence electrons. The van der Waals surface area contributed by atoms with Crippen molar-refractivity contribution in [3.63, 3.8) is 0 Å². The fourth-order valence-electron chi connectivity index (χ4n) is 2.07. The summed E-state index contributed by atoms with van der Waals surface area (Å²) < 4.78 is 8.58. The smallest absolute Gasteiger partial charge is 0.242 e. The first-order chi connectivity index (χ1) is 9.61. The fraction of sp³-hybridized carbons (Fsp3) is 0.154. The zero-order valence-electron chi connectivity index (χ0n) is 10.8. The second kappa shape index (κ2) is 4.99. The van der Waals surface area contributed by atoms with E-state index in [4.69, 9.17) is 17.0 Å². The van der Waals surface area contributed by atoms with E-state index >= 15 is 0 Å². The average molecular weight is 351 g/mol. The monoisotopic (exact) mass is 350 g/mol. The van der Waals surface area contributed by atoms with Gasteiger partial charge in [0.2, 0.25) is 5.88 Å². The Morgan fingerprint density at radius 1 is 1.35 bits per heavy atom. The molecule has 0 aliphatic rings. The van der Waals surface area contributed by atoms with Gasteiger partial charge in [0.1, 0.15) is 11.8 Å². The average Bonchev–Trinajstić information content (AvgIpc) is 2.75. The molecule has 3 aromatic rings. The van der Waals surface area contributed by atoms with Gasteiger partial charge in [0.05, 0.1) is 12.8 Å². The van der Waals surface area contributed by atoms with E-state index in [1.165, 1.54) is 11.9 Å².